The zero-order chi connectivity index (χ0) is 15.7. The summed E-state index contributed by atoms with van der Waals surface area (Å²) >= 11 is 6.65. The molecule has 0 fully saturated rings. The number of thiophene rings is 1. The van der Waals surface area contributed by atoms with Crippen molar-refractivity contribution in [3.63, 3.8) is 0 Å². The fraction of sp³-hybridized carbons (Fsp3) is 0.200. The van der Waals surface area contributed by atoms with Gasteiger partial charge < -0.3 is 9.72 Å². The Kier molecular flexibility index (Phi) is 4.19. The smallest absolute Gasteiger partial charge is 0.263 e. The number of nitrogens with zero attached hydrogens (tertiary/aromatic N) is 1. The minimum Gasteiger partial charge on any atom is -0.383 e. The van der Waals surface area contributed by atoms with Crippen molar-refractivity contribution in [3.05, 3.63) is 50.6 Å². The maximum Gasteiger partial charge on any atom is 0.263 e. The predicted octanol–water partition coefficient (Wildman–Crippen LogP) is 3.57. The van der Waals surface area contributed by atoms with Crippen LogP contribution in [0.5, 0.6) is 0 Å². The maximum atomic E-state index is 13.1. The number of ether oxygens (including phenoxy) is 1. The number of halogens is 1. The number of H-pyrrole nitrogens is 1. The van der Waals surface area contributed by atoms with E-state index in [1.165, 1.54) is 28.0 Å². The summed E-state index contributed by atoms with van der Waals surface area (Å²) in [5.41, 5.74) is 1.42. The molecular formula is C15H13FN2O2S2. The molecule has 4 nitrogen and oxygen atoms in total. The summed E-state index contributed by atoms with van der Waals surface area (Å²) in [6.45, 7) is 0.790. The largest absolute Gasteiger partial charge is 0.383 e. The van der Waals surface area contributed by atoms with Gasteiger partial charge in [-0.15, -0.1) is 11.3 Å². The first-order chi connectivity index (χ1) is 10.6. The molecule has 2 heterocycles. The van der Waals surface area contributed by atoms with Crippen LogP contribution in [0.2, 0.25) is 0 Å². The summed E-state index contributed by atoms with van der Waals surface area (Å²) in [7, 11) is 1.57. The quantitative estimate of drug-likeness (QED) is 0.741. The molecule has 0 radical (unpaired) electrons. The van der Waals surface area contributed by atoms with Crippen molar-refractivity contribution in [2.75, 3.05) is 13.7 Å². The Labute approximate surface area is 134 Å². The average Bonchev–Trinajstić information content (AvgIpc) is 2.92. The normalized spacial score (nSPS) is 11.2. The van der Waals surface area contributed by atoms with E-state index in [0.717, 1.165) is 16.0 Å². The van der Waals surface area contributed by atoms with Gasteiger partial charge in [0.1, 0.15) is 10.6 Å². The lowest BCUT2D eigenvalue weighted by atomic mass is 10.1. The van der Waals surface area contributed by atoms with Crippen LogP contribution in [-0.2, 0) is 11.3 Å². The second kappa shape index (κ2) is 6.12. The van der Waals surface area contributed by atoms with E-state index in [9.17, 15) is 9.18 Å². The van der Waals surface area contributed by atoms with Gasteiger partial charge in [0.15, 0.2) is 4.77 Å². The van der Waals surface area contributed by atoms with Crippen molar-refractivity contribution in [1.82, 2.24) is 9.55 Å². The molecule has 0 unspecified atom stereocenters. The van der Waals surface area contributed by atoms with Gasteiger partial charge in [-0.1, -0.05) is 12.1 Å². The molecule has 0 aliphatic carbocycles. The Morgan fingerprint density at radius 2 is 2.09 bits per heavy atom. The van der Waals surface area contributed by atoms with Crippen LogP contribution in [0.15, 0.2) is 34.4 Å². The van der Waals surface area contributed by atoms with Gasteiger partial charge in [-0.2, -0.15) is 0 Å². The van der Waals surface area contributed by atoms with Gasteiger partial charge in [0.2, 0.25) is 0 Å². The van der Waals surface area contributed by atoms with Crippen molar-refractivity contribution in [3.8, 4) is 11.1 Å². The van der Waals surface area contributed by atoms with Crippen LogP contribution >= 0.6 is 23.6 Å². The van der Waals surface area contributed by atoms with Crippen molar-refractivity contribution in [2.24, 2.45) is 0 Å². The molecule has 0 saturated heterocycles. The molecule has 22 heavy (non-hydrogen) atoms. The van der Waals surface area contributed by atoms with Gasteiger partial charge in [0, 0.05) is 18.1 Å². The number of methoxy groups -OCH3 is 1. The Hall–Kier alpha value is -1.83. The first kappa shape index (κ1) is 15.1. The van der Waals surface area contributed by atoms with Crippen LogP contribution in [0.4, 0.5) is 4.39 Å². The zero-order valence-corrected chi connectivity index (χ0v) is 13.4. The molecule has 0 spiro atoms. The number of fused-ring (bicyclic) bond motifs is 1. The van der Waals surface area contributed by atoms with E-state index in [-0.39, 0.29) is 11.4 Å². The van der Waals surface area contributed by atoms with Crippen molar-refractivity contribution in [1.29, 1.82) is 0 Å². The van der Waals surface area contributed by atoms with Crippen molar-refractivity contribution >= 4 is 33.8 Å². The van der Waals surface area contributed by atoms with Crippen molar-refractivity contribution in [2.45, 2.75) is 6.54 Å². The van der Waals surface area contributed by atoms with Crippen LogP contribution in [0.1, 0.15) is 0 Å². The lowest BCUT2D eigenvalue weighted by Gasteiger charge is -2.06. The third kappa shape index (κ3) is 2.63. The topological polar surface area (TPSA) is 47.0 Å². The molecule has 0 bridgehead atoms. The number of benzene rings is 1. The van der Waals surface area contributed by atoms with Crippen LogP contribution < -0.4 is 5.56 Å². The second-order valence-electron chi connectivity index (χ2n) is 4.74. The number of hydrogen-bond acceptors (Lipinski definition) is 4. The molecule has 0 atom stereocenters. The van der Waals surface area contributed by atoms with E-state index < -0.39 is 0 Å². The summed E-state index contributed by atoms with van der Waals surface area (Å²) in [6.07, 6.45) is 0. The molecule has 0 aliphatic rings. The fourth-order valence-corrected chi connectivity index (χ4v) is 3.58. The molecular weight excluding hydrogens is 323 g/mol. The Morgan fingerprint density at radius 1 is 1.36 bits per heavy atom. The zero-order valence-electron chi connectivity index (χ0n) is 11.8. The SMILES string of the molecule is COCCn1c(=S)[nH]c2scc(-c3ccc(F)cc3)c2c1=O. The van der Waals surface area contributed by atoms with Crippen molar-refractivity contribution < 1.29 is 9.13 Å². The molecule has 0 saturated carbocycles. The molecule has 0 aliphatic heterocycles. The van der Waals surface area contributed by atoms with Crippen LogP contribution in [0, 0.1) is 10.6 Å². The lowest BCUT2D eigenvalue weighted by molar-refractivity contribution is 0.185. The highest BCUT2D eigenvalue weighted by Crippen LogP contribution is 2.30. The lowest BCUT2D eigenvalue weighted by Crippen LogP contribution is -2.23. The molecule has 3 aromatic rings. The highest BCUT2D eigenvalue weighted by Gasteiger charge is 2.13. The highest BCUT2D eigenvalue weighted by atomic mass is 32.1. The number of aromatic nitrogens is 2. The fourth-order valence-electron chi connectivity index (χ4n) is 2.28. The van der Waals surface area contributed by atoms with Gasteiger partial charge in [0.05, 0.1) is 18.5 Å². The highest BCUT2D eigenvalue weighted by molar-refractivity contribution is 7.71. The molecule has 1 N–H and O–H groups in total. The van der Waals surface area contributed by atoms with Gasteiger partial charge >= 0.3 is 0 Å². The molecule has 3 rings (SSSR count). The Morgan fingerprint density at radius 3 is 2.77 bits per heavy atom. The molecule has 0 amide bonds. The van der Waals surface area contributed by atoms with Gasteiger partial charge in [-0.25, -0.2) is 4.39 Å². The Bertz CT molecular complexity index is 925. The molecule has 114 valence electrons. The number of rotatable bonds is 4. The Balaban J connectivity index is 2.23. The third-order valence-electron chi connectivity index (χ3n) is 3.39. The van der Waals surface area contributed by atoms with E-state index in [1.54, 1.807) is 19.2 Å². The second-order valence-corrected chi connectivity index (χ2v) is 6.01. The van der Waals surface area contributed by atoms with Crippen LogP contribution in [0.25, 0.3) is 21.3 Å². The minimum atomic E-state index is -0.305. The van der Waals surface area contributed by atoms with Gasteiger partial charge in [0.25, 0.3) is 5.56 Å². The maximum absolute atomic E-state index is 13.1. The molecule has 2 aromatic heterocycles. The minimum absolute atomic E-state index is 0.156. The molecule has 1 aromatic carbocycles. The predicted molar refractivity (Wildman–Crippen MR) is 88.5 cm³/mol. The van der Waals surface area contributed by atoms with E-state index in [0.29, 0.717) is 23.3 Å². The van der Waals surface area contributed by atoms with Crippen LogP contribution in [0.3, 0.4) is 0 Å². The van der Waals surface area contributed by atoms with E-state index in [1.807, 2.05) is 5.38 Å². The summed E-state index contributed by atoms with van der Waals surface area (Å²) in [4.78, 5) is 16.5. The molecule has 7 heteroatoms. The first-order valence-electron chi connectivity index (χ1n) is 6.61. The standard InChI is InChI=1S/C15H13FN2O2S2/c1-20-7-6-18-14(19)12-11(8-22-13(12)17-15(18)21)9-2-4-10(16)5-3-9/h2-5,8H,6-7H2,1H3,(H,17,21). The van der Waals surface area contributed by atoms with E-state index in [4.69, 9.17) is 17.0 Å². The van der Waals surface area contributed by atoms with Crippen LogP contribution in [-0.4, -0.2) is 23.3 Å². The third-order valence-corrected chi connectivity index (χ3v) is 4.61. The summed E-state index contributed by atoms with van der Waals surface area (Å²) in [6, 6.07) is 6.09. The van der Waals surface area contributed by atoms with Gasteiger partial charge in [-0.05, 0) is 29.9 Å². The summed E-state index contributed by atoms with van der Waals surface area (Å²) in [5.74, 6) is -0.305. The van der Waals surface area contributed by atoms with Gasteiger partial charge in [-0.3, -0.25) is 9.36 Å². The summed E-state index contributed by atoms with van der Waals surface area (Å²) < 4.78 is 20.0. The van der Waals surface area contributed by atoms with E-state index in [2.05, 4.69) is 4.98 Å². The summed E-state index contributed by atoms with van der Waals surface area (Å²) in [5, 5.41) is 2.45. The number of aromatic amines is 1. The number of hydrogen-bond donors (Lipinski definition) is 1. The average molecular weight is 336 g/mol. The first-order valence-corrected chi connectivity index (χ1v) is 7.90. The monoisotopic (exact) mass is 336 g/mol. The van der Waals surface area contributed by atoms with E-state index >= 15 is 0 Å². The number of nitrogens with one attached hydrogen (secondary N) is 1.